The van der Waals surface area contributed by atoms with Crippen LogP contribution in [0.3, 0.4) is 0 Å². The quantitative estimate of drug-likeness (QED) is 0.434. The molecule has 1 aromatic carbocycles. The van der Waals surface area contributed by atoms with Gasteiger partial charge < -0.3 is 24.3 Å². The van der Waals surface area contributed by atoms with E-state index in [1.807, 2.05) is 0 Å². The number of carbonyl (C=O) groups excluding carboxylic acids is 2. The van der Waals surface area contributed by atoms with E-state index >= 15 is 0 Å². The van der Waals surface area contributed by atoms with Gasteiger partial charge in [-0.2, -0.15) is 0 Å². The summed E-state index contributed by atoms with van der Waals surface area (Å²) in [6.45, 7) is -0.330. The number of amides is 1. The predicted molar refractivity (Wildman–Crippen MR) is 87.9 cm³/mol. The Kier molecular flexibility index (Phi) is 7.71. The first-order valence-corrected chi connectivity index (χ1v) is 6.90. The Hall–Kier alpha value is -3.14. The zero-order chi connectivity index (χ0) is 17.9. The highest BCUT2D eigenvalue weighted by atomic mass is 16.5. The SMILES string of the molecule is C#CCNC(=O)COC(=O)/C=C/c1cc(OC)c(OC)cc1OC. The van der Waals surface area contributed by atoms with Crippen molar-refractivity contribution in [1.82, 2.24) is 5.32 Å². The van der Waals surface area contributed by atoms with Gasteiger partial charge in [0.2, 0.25) is 0 Å². The van der Waals surface area contributed by atoms with E-state index in [0.717, 1.165) is 0 Å². The molecule has 24 heavy (non-hydrogen) atoms. The van der Waals surface area contributed by atoms with Crippen molar-refractivity contribution in [2.45, 2.75) is 0 Å². The molecular formula is C17H19NO6. The molecule has 0 saturated carbocycles. The number of nitrogens with one attached hydrogen (secondary N) is 1. The monoisotopic (exact) mass is 333 g/mol. The molecule has 0 unspecified atom stereocenters. The molecule has 1 rings (SSSR count). The Balaban J connectivity index is 2.77. The van der Waals surface area contributed by atoms with E-state index in [4.69, 9.17) is 25.4 Å². The van der Waals surface area contributed by atoms with Crippen LogP contribution in [0, 0.1) is 12.3 Å². The largest absolute Gasteiger partial charge is 0.496 e. The average molecular weight is 333 g/mol. The summed E-state index contributed by atoms with van der Waals surface area (Å²) in [5, 5.41) is 2.38. The first kappa shape index (κ1) is 18.9. The van der Waals surface area contributed by atoms with E-state index in [1.54, 1.807) is 12.1 Å². The van der Waals surface area contributed by atoms with Gasteiger partial charge in [0.25, 0.3) is 5.91 Å². The van der Waals surface area contributed by atoms with E-state index in [1.165, 1.54) is 33.5 Å². The fraction of sp³-hybridized carbons (Fsp3) is 0.294. The lowest BCUT2D eigenvalue weighted by atomic mass is 10.1. The highest BCUT2D eigenvalue weighted by molar-refractivity contribution is 5.90. The molecule has 0 saturated heterocycles. The number of ether oxygens (including phenoxy) is 4. The van der Waals surface area contributed by atoms with E-state index < -0.39 is 18.5 Å². The van der Waals surface area contributed by atoms with Crippen LogP contribution in [0.1, 0.15) is 5.56 Å². The van der Waals surface area contributed by atoms with Gasteiger partial charge >= 0.3 is 5.97 Å². The molecule has 0 atom stereocenters. The minimum Gasteiger partial charge on any atom is -0.496 e. The molecule has 7 nitrogen and oxygen atoms in total. The average Bonchev–Trinajstić information content (AvgIpc) is 2.61. The number of hydrogen-bond donors (Lipinski definition) is 1. The molecule has 0 bridgehead atoms. The topological polar surface area (TPSA) is 83.1 Å². The van der Waals surface area contributed by atoms with Gasteiger partial charge in [-0.3, -0.25) is 4.79 Å². The van der Waals surface area contributed by atoms with Gasteiger partial charge in [-0.05, 0) is 12.1 Å². The minimum absolute atomic E-state index is 0.0784. The van der Waals surface area contributed by atoms with Crippen molar-refractivity contribution < 1.29 is 28.5 Å². The lowest BCUT2D eigenvalue weighted by Crippen LogP contribution is -2.28. The standard InChI is InChI=1S/C17H19NO6/c1-5-8-18-16(19)11-24-17(20)7-6-12-9-14(22-3)15(23-4)10-13(12)21-2/h1,6-7,9-10H,8,11H2,2-4H3,(H,18,19)/b7-6+. The number of esters is 1. The third-order valence-corrected chi connectivity index (χ3v) is 2.87. The molecule has 0 heterocycles. The minimum atomic E-state index is -0.678. The van der Waals surface area contributed by atoms with Crippen LogP contribution in [0.4, 0.5) is 0 Å². The van der Waals surface area contributed by atoms with Crippen LogP contribution in [-0.2, 0) is 14.3 Å². The molecule has 1 amide bonds. The summed E-state index contributed by atoms with van der Waals surface area (Å²) < 4.78 is 20.4. The van der Waals surface area contributed by atoms with Crippen molar-refractivity contribution >= 4 is 18.0 Å². The van der Waals surface area contributed by atoms with Crippen molar-refractivity contribution in [3.05, 3.63) is 23.8 Å². The van der Waals surface area contributed by atoms with Crippen LogP contribution in [0.25, 0.3) is 6.08 Å². The maximum Gasteiger partial charge on any atom is 0.331 e. The van der Waals surface area contributed by atoms with E-state index in [2.05, 4.69) is 11.2 Å². The lowest BCUT2D eigenvalue weighted by molar-refractivity contribution is -0.143. The fourth-order valence-corrected chi connectivity index (χ4v) is 1.73. The second-order valence-electron chi connectivity index (χ2n) is 4.37. The molecule has 0 aromatic heterocycles. The van der Waals surface area contributed by atoms with Crippen molar-refractivity contribution in [2.24, 2.45) is 0 Å². The fourth-order valence-electron chi connectivity index (χ4n) is 1.73. The van der Waals surface area contributed by atoms with Gasteiger partial charge in [0.05, 0.1) is 27.9 Å². The molecule has 0 aliphatic rings. The van der Waals surface area contributed by atoms with Gasteiger partial charge in [-0.25, -0.2) is 4.79 Å². The molecule has 1 aromatic rings. The Morgan fingerprint density at radius 2 is 1.75 bits per heavy atom. The third kappa shape index (κ3) is 5.57. The second-order valence-corrected chi connectivity index (χ2v) is 4.37. The number of hydrogen-bond acceptors (Lipinski definition) is 6. The number of benzene rings is 1. The molecule has 0 aliphatic heterocycles. The molecule has 1 N–H and O–H groups in total. The summed E-state index contributed by atoms with van der Waals surface area (Å²) in [6.07, 6.45) is 7.67. The van der Waals surface area contributed by atoms with Gasteiger partial charge in [-0.1, -0.05) is 5.92 Å². The van der Waals surface area contributed by atoms with Gasteiger partial charge in [0.15, 0.2) is 18.1 Å². The molecule has 0 spiro atoms. The van der Waals surface area contributed by atoms with Crippen LogP contribution >= 0.6 is 0 Å². The summed E-state index contributed by atoms with van der Waals surface area (Å²) in [6, 6.07) is 3.29. The summed E-state index contributed by atoms with van der Waals surface area (Å²) in [5.74, 6) is 2.57. The predicted octanol–water partition coefficient (Wildman–Crippen LogP) is 1.02. The van der Waals surface area contributed by atoms with Crippen molar-refractivity contribution in [3.8, 4) is 29.6 Å². The number of methoxy groups -OCH3 is 3. The van der Waals surface area contributed by atoms with E-state index in [0.29, 0.717) is 22.8 Å². The zero-order valence-electron chi connectivity index (χ0n) is 13.8. The van der Waals surface area contributed by atoms with Gasteiger partial charge in [-0.15, -0.1) is 6.42 Å². The molecule has 128 valence electrons. The van der Waals surface area contributed by atoms with Crippen LogP contribution < -0.4 is 19.5 Å². The van der Waals surface area contributed by atoms with E-state index in [-0.39, 0.29) is 6.54 Å². The van der Waals surface area contributed by atoms with Crippen molar-refractivity contribution in [1.29, 1.82) is 0 Å². The Morgan fingerprint density at radius 1 is 1.12 bits per heavy atom. The van der Waals surface area contributed by atoms with Gasteiger partial charge in [0.1, 0.15) is 5.75 Å². The molecular weight excluding hydrogens is 314 g/mol. The smallest absolute Gasteiger partial charge is 0.331 e. The number of terminal acetylenes is 1. The van der Waals surface area contributed by atoms with E-state index in [9.17, 15) is 9.59 Å². The summed E-state index contributed by atoms with van der Waals surface area (Å²) in [5.41, 5.74) is 0.587. The maximum absolute atomic E-state index is 11.6. The van der Waals surface area contributed by atoms with Crippen molar-refractivity contribution in [3.63, 3.8) is 0 Å². The Bertz CT molecular complexity index is 660. The molecule has 0 radical (unpaired) electrons. The van der Waals surface area contributed by atoms with Crippen LogP contribution in [0.2, 0.25) is 0 Å². The first-order valence-electron chi connectivity index (χ1n) is 6.90. The highest BCUT2D eigenvalue weighted by Crippen LogP contribution is 2.35. The summed E-state index contributed by atoms with van der Waals surface area (Å²) >= 11 is 0. The van der Waals surface area contributed by atoms with Crippen LogP contribution in [0.15, 0.2) is 18.2 Å². The zero-order valence-corrected chi connectivity index (χ0v) is 13.8. The van der Waals surface area contributed by atoms with Gasteiger partial charge in [0, 0.05) is 17.7 Å². The molecule has 0 aliphatic carbocycles. The first-order chi connectivity index (χ1) is 11.5. The Morgan fingerprint density at radius 3 is 2.33 bits per heavy atom. The van der Waals surface area contributed by atoms with Crippen molar-refractivity contribution in [2.75, 3.05) is 34.5 Å². The maximum atomic E-state index is 11.6. The normalized spacial score (nSPS) is 9.92. The third-order valence-electron chi connectivity index (χ3n) is 2.87. The number of rotatable bonds is 8. The van der Waals surface area contributed by atoms with Crippen LogP contribution in [-0.4, -0.2) is 46.4 Å². The Labute approximate surface area is 140 Å². The summed E-state index contributed by atoms with van der Waals surface area (Å²) in [4.78, 5) is 22.9. The van der Waals surface area contributed by atoms with Crippen LogP contribution in [0.5, 0.6) is 17.2 Å². The second kappa shape index (κ2) is 9.79. The highest BCUT2D eigenvalue weighted by Gasteiger charge is 2.10. The lowest BCUT2D eigenvalue weighted by Gasteiger charge is -2.12. The summed E-state index contributed by atoms with van der Waals surface area (Å²) in [7, 11) is 4.50. The molecule has 7 heteroatoms. The molecule has 0 fully saturated rings. The number of carbonyl (C=O) groups is 2.